The first kappa shape index (κ1) is 14.4. The number of hydrogen-bond donors (Lipinski definition) is 0. The van der Waals surface area contributed by atoms with Crippen molar-refractivity contribution in [3.05, 3.63) is 69.3 Å². The summed E-state index contributed by atoms with van der Waals surface area (Å²) in [7, 11) is 0. The van der Waals surface area contributed by atoms with Crippen LogP contribution >= 0.6 is 27.5 Å². The molecule has 3 rings (SSSR count). The maximum absolute atomic E-state index is 12.3. The van der Waals surface area contributed by atoms with E-state index in [0.29, 0.717) is 21.8 Å². The number of aryl methyl sites for hydroxylation is 1. The lowest BCUT2D eigenvalue weighted by molar-refractivity contribution is 0.619. The predicted molar refractivity (Wildman–Crippen MR) is 90.4 cm³/mol. The van der Waals surface area contributed by atoms with Crippen molar-refractivity contribution in [1.82, 2.24) is 0 Å². The summed E-state index contributed by atoms with van der Waals surface area (Å²) in [4.78, 5) is 12.3. The molecule has 0 N–H and O–H groups in total. The highest BCUT2D eigenvalue weighted by Crippen LogP contribution is 2.25. The summed E-state index contributed by atoms with van der Waals surface area (Å²) in [5.74, 6) is 0.531. The van der Waals surface area contributed by atoms with Crippen molar-refractivity contribution in [3.8, 4) is 11.3 Å². The van der Waals surface area contributed by atoms with Gasteiger partial charge in [0.1, 0.15) is 11.3 Å². The lowest BCUT2D eigenvalue weighted by atomic mass is 10.1. The quantitative estimate of drug-likeness (QED) is 0.609. The highest BCUT2D eigenvalue weighted by Gasteiger charge is 2.08. The number of benzene rings is 2. The van der Waals surface area contributed by atoms with E-state index in [-0.39, 0.29) is 5.43 Å². The molecule has 106 valence electrons. The minimum atomic E-state index is -0.0392. The highest BCUT2D eigenvalue weighted by atomic mass is 79.9. The number of rotatable bonds is 3. The van der Waals surface area contributed by atoms with E-state index in [1.165, 1.54) is 6.07 Å². The summed E-state index contributed by atoms with van der Waals surface area (Å²) in [6.45, 7) is 0. The van der Waals surface area contributed by atoms with Crippen LogP contribution in [0, 0.1) is 0 Å². The van der Waals surface area contributed by atoms with Gasteiger partial charge in [-0.1, -0.05) is 45.7 Å². The SMILES string of the molecule is O=c1cc(-c2cccc(Cl)c2)oc2ccc(CCBr)cc12. The number of alkyl halides is 1. The summed E-state index contributed by atoms with van der Waals surface area (Å²) in [5.41, 5.74) is 2.46. The Balaban J connectivity index is 2.16. The fourth-order valence-corrected chi connectivity index (χ4v) is 2.90. The second-order valence-corrected chi connectivity index (χ2v) is 5.98. The molecule has 0 aliphatic rings. The first-order valence-corrected chi connectivity index (χ1v) is 8.06. The molecule has 0 saturated carbocycles. The van der Waals surface area contributed by atoms with Crippen molar-refractivity contribution >= 4 is 38.5 Å². The average molecular weight is 364 g/mol. The molecule has 0 amide bonds. The fraction of sp³-hybridized carbons (Fsp3) is 0.118. The van der Waals surface area contributed by atoms with E-state index in [9.17, 15) is 4.79 Å². The Kier molecular flexibility index (Phi) is 4.13. The Morgan fingerprint density at radius 1 is 1.10 bits per heavy atom. The molecule has 0 atom stereocenters. The van der Waals surface area contributed by atoms with Crippen LogP contribution in [0.3, 0.4) is 0 Å². The Morgan fingerprint density at radius 2 is 1.95 bits per heavy atom. The Morgan fingerprint density at radius 3 is 2.71 bits per heavy atom. The molecule has 0 fully saturated rings. The molecule has 2 aromatic carbocycles. The fourth-order valence-electron chi connectivity index (χ4n) is 2.25. The van der Waals surface area contributed by atoms with Crippen LogP contribution < -0.4 is 5.43 Å². The minimum absolute atomic E-state index is 0.0392. The normalized spacial score (nSPS) is 11.0. The summed E-state index contributed by atoms with van der Waals surface area (Å²) in [6.07, 6.45) is 0.880. The summed E-state index contributed by atoms with van der Waals surface area (Å²) >= 11 is 9.39. The van der Waals surface area contributed by atoms with E-state index in [4.69, 9.17) is 16.0 Å². The van der Waals surface area contributed by atoms with Crippen LogP contribution in [0.1, 0.15) is 5.56 Å². The van der Waals surface area contributed by atoms with Gasteiger partial charge in [0.15, 0.2) is 5.43 Å². The molecular weight excluding hydrogens is 352 g/mol. The number of fused-ring (bicyclic) bond motifs is 1. The van der Waals surface area contributed by atoms with E-state index in [2.05, 4.69) is 15.9 Å². The van der Waals surface area contributed by atoms with Crippen molar-refractivity contribution in [2.24, 2.45) is 0 Å². The third-order valence-electron chi connectivity index (χ3n) is 3.28. The average Bonchev–Trinajstić information content (AvgIpc) is 2.48. The molecule has 3 aromatic rings. The molecule has 0 saturated heterocycles. The molecular formula is C17H12BrClO2. The van der Waals surface area contributed by atoms with Crippen LogP contribution in [0.25, 0.3) is 22.3 Å². The van der Waals surface area contributed by atoms with E-state index in [1.807, 2.05) is 30.3 Å². The van der Waals surface area contributed by atoms with Gasteiger partial charge in [-0.2, -0.15) is 0 Å². The van der Waals surface area contributed by atoms with E-state index in [0.717, 1.165) is 22.9 Å². The molecule has 1 aromatic heterocycles. The van der Waals surface area contributed by atoms with Crippen molar-refractivity contribution in [1.29, 1.82) is 0 Å². The second kappa shape index (κ2) is 6.04. The van der Waals surface area contributed by atoms with Gasteiger partial charge >= 0.3 is 0 Å². The molecule has 0 aliphatic heterocycles. The lowest BCUT2D eigenvalue weighted by Gasteiger charge is -2.05. The second-order valence-electron chi connectivity index (χ2n) is 4.75. The topological polar surface area (TPSA) is 30.2 Å². The molecule has 0 aliphatic carbocycles. The van der Waals surface area contributed by atoms with E-state index in [1.54, 1.807) is 12.1 Å². The third-order valence-corrected chi connectivity index (χ3v) is 3.92. The standard InChI is InChI=1S/C17H12BrClO2/c18-7-6-11-4-5-16-14(8-11)15(20)10-17(21-16)12-2-1-3-13(19)9-12/h1-5,8-10H,6-7H2. The van der Waals surface area contributed by atoms with Gasteiger partial charge in [-0.15, -0.1) is 0 Å². The van der Waals surface area contributed by atoms with Crippen molar-refractivity contribution < 1.29 is 4.42 Å². The molecule has 1 heterocycles. The highest BCUT2D eigenvalue weighted by molar-refractivity contribution is 9.09. The molecule has 2 nitrogen and oxygen atoms in total. The lowest BCUT2D eigenvalue weighted by Crippen LogP contribution is -2.01. The largest absolute Gasteiger partial charge is 0.456 e. The summed E-state index contributed by atoms with van der Waals surface area (Å²) < 4.78 is 5.85. The van der Waals surface area contributed by atoms with Gasteiger partial charge in [-0.3, -0.25) is 4.79 Å². The maximum Gasteiger partial charge on any atom is 0.193 e. The third kappa shape index (κ3) is 3.04. The zero-order valence-corrected chi connectivity index (χ0v) is 13.4. The van der Waals surface area contributed by atoms with Crippen molar-refractivity contribution in [2.75, 3.05) is 5.33 Å². The van der Waals surface area contributed by atoms with Crippen LogP contribution in [-0.4, -0.2) is 5.33 Å². The van der Waals surface area contributed by atoms with Crippen LogP contribution in [0.15, 0.2) is 57.7 Å². The van der Waals surface area contributed by atoms with Crippen molar-refractivity contribution in [2.45, 2.75) is 6.42 Å². The van der Waals surface area contributed by atoms with E-state index >= 15 is 0 Å². The molecule has 0 unspecified atom stereocenters. The molecule has 4 heteroatoms. The monoisotopic (exact) mass is 362 g/mol. The van der Waals surface area contributed by atoms with Gasteiger partial charge in [0.2, 0.25) is 0 Å². The van der Waals surface area contributed by atoms with Gasteiger partial charge in [0.25, 0.3) is 0 Å². The van der Waals surface area contributed by atoms with E-state index < -0.39 is 0 Å². The van der Waals surface area contributed by atoms with Gasteiger partial charge < -0.3 is 4.42 Å². The van der Waals surface area contributed by atoms with Crippen LogP contribution in [0.5, 0.6) is 0 Å². The minimum Gasteiger partial charge on any atom is -0.456 e. The van der Waals surface area contributed by atoms with Crippen LogP contribution in [-0.2, 0) is 6.42 Å². The Labute approximate surface area is 135 Å². The number of hydrogen-bond acceptors (Lipinski definition) is 2. The summed E-state index contributed by atoms with van der Waals surface area (Å²) in [5, 5.41) is 2.09. The molecule has 0 bridgehead atoms. The van der Waals surface area contributed by atoms with Crippen LogP contribution in [0.4, 0.5) is 0 Å². The van der Waals surface area contributed by atoms with Crippen molar-refractivity contribution in [3.63, 3.8) is 0 Å². The zero-order chi connectivity index (χ0) is 14.8. The molecule has 0 radical (unpaired) electrons. The zero-order valence-electron chi connectivity index (χ0n) is 11.1. The maximum atomic E-state index is 12.3. The van der Waals surface area contributed by atoms with Gasteiger partial charge in [-0.05, 0) is 36.2 Å². The van der Waals surface area contributed by atoms with Gasteiger partial charge in [-0.25, -0.2) is 0 Å². The predicted octanol–water partition coefficient (Wildman–Crippen LogP) is 5.05. The Bertz CT molecular complexity index is 855. The number of halogens is 2. The smallest absolute Gasteiger partial charge is 0.193 e. The van der Waals surface area contributed by atoms with Gasteiger partial charge in [0, 0.05) is 22.0 Å². The van der Waals surface area contributed by atoms with Crippen LogP contribution in [0.2, 0.25) is 5.02 Å². The molecule has 21 heavy (non-hydrogen) atoms. The van der Waals surface area contributed by atoms with Gasteiger partial charge in [0.05, 0.1) is 5.39 Å². The molecule has 0 spiro atoms. The first-order valence-electron chi connectivity index (χ1n) is 6.56. The first-order chi connectivity index (χ1) is 10.2. The summed E-state index contributed by atoms with van der Waals surface area (Å²) in [6, 6.07) is 14.5. The Hall–Kier alpha value is -1.58.